The van der Waals surface area contributed by atoms with Gasteiger partial charge in [-0.25, -0.2) is 19.4 Å². The number of rotatable bonds is 8. The number of hydrogen-bond donors (Lipinski definition) is 1. The molecule has 0 amide bonds. The number of aromatic carboxylic acids is 1. The fourth-order valence-corrected chi connectivity index (χ4v) is 4.99. The maximum atomic E-state index is 13.1. The molecule has 2 aromatic rings. The molecule has 5 rings (SSSR count). The number of imidazole rings is 1. The SMILES string of the molecule is CCc1nc(C2CC2)c(C(=O)O)n1Cc1c2ccocc-2c(C(=O)OC)c1-c1ccccc1C(=O)OC. The first-order valence-electron chi connectivity index (χ1n) is 12.0. The van der Waals surface area contributed by atoms with Crippen molar-refractivity contribution in [2.45, 2.75) is 38.6 Å². The van der Waals surface area contributed by atoms with Crippen molar-refractivity contribution in [2.75, 3.05) is 14.2 Å². The summed E-state index contributed by atoms with van der Waals surface area (Å²) in [4.78, 5) is 43.0. The van der Waals surface area contributed by atoms with Crippen LogP contribution in [0.2, 0.25) is 0 Å². The molecular formula is C28H26N2O7. The second-order valence-electron chi connectivity index (χ2n) is 8.92. The summed E-state index contributed by atoms with van der Waals surface area (Å²) in [6.07, 6.45) is 5.29. The molecule has 0 saturated heterocycles. The molecule has 2 aliphatic carbocycles. The van der Waals surface area contributed by atoms with Crippen LogP contribution in [0.3, 0.4) is 0 Å². The number of fused-ring (bicyclic) bond motifs is 1. The van der Waals surface area contributed by atoms with Crippen molar-refractivity contribution in [1.29, 1.82) is 0 Å². The van der Waals surface area contributed by atoms with E-state index >= 15 is 0 Å². The van der Waals surface area contributed by atoms with Crippen LogP contribution in [0, 0.1) is 0 Å². The second kappa shape index (κ2) is 9.57. The van der Waals surface area contributed by atoms with Gasteiger partial charge in [-0.05, 0) is 41.7 Å². The summed E-state index contributed by atoms with van der Waals surface area (Å²) in [6, 6.07) is 8.55. The van der Waals surface area contributed by atoms with Crippen molar-refractivity contribution < 1.29 is 33.4 Å². The number of carboxylic acid groups (broad SMARTS) is 1. The zero-order valence-corrected chi connectivity index (χ0v) is 20.7. The molecule has 1 aromatic heterocycles. The quantitative estimate of drug-likeness (QED) is 0.334. The fraction of sp³-hybridized carbons (Fsp3) is 0.286. The Hall–Kier alpha value is -4.40. The molecule has 0 bridgehead atoms. The Morgan fingerprint density at radius 3 is 2.43 bits per heavy atom. The summed E-state index contributed by atoms with van der Waals surface area (Å²) < 4.78 is 17.3. The van der Waals surface area contributed by atoms with Crippen LogP contribution in [0.15, 0.2) is 47.3 Å². The van der Waals surface area contributed by atoms with Crippen LogP contribution in [0.1, 0.15) is 74.0 Å². The number of aromatic nitrogens is 2. The normalized spacial score (nSPS) is 13.1. The van der Waals surface area contributed by atoms with Gasteiger partial charge in [0, 0.05) is 23.5 Å². The lowest BCUT2D eigenvalue weighted by Crippen LogP contribution is -2.14. The van der Waals surface area contributed by atoms with Crippen LogP contribution >= 0.6 is 0 Å². The molecule has 1 aliphatic heterocycles. The number of aryl methyl sites for hydroxylation is 1. The average molecular weight is 503 g/mol. The summed E-state index contributed by atoms with van der Waals surface area (Å²) in [5, 5.41) is 10.2. The summed E-state index contributed by atoms with van der Waals surface area (Å²) >= 11 is 0. The van der Waals surface area contributed by atoms with Crippen LogP contribution in [-0.2, 0) is 22.4 Å². The van der Waals surface area contributed by atoms with Gasteiger partial charge >= 0.3 is 17.9 Å². The smallest absolute Gasteiger partial charge is 0.354 e. The third kappa shape index (κ3) is 4.06. The number of benzene rings is 1. The highest BCUT2D eigenvalue weighted by Gasteiger charge is 2.36. The van der Waals surface area contributed by atoms with Gasteiger partial charge in [-0.1, -0.05) is 25.1 Å². The predicted octanol–water partition coefficient (Wildman–Crippen LogP) is 5.01. The van der Waals surface area contributed by atoms with Gasteiger partial charge in [0.15, 0.2) is 5.69 Å². The molecule has 0 unspecified atom stereocenters. The average Bonchev–Trinajstić information content (AvgIpc) is 3.63. The van der Waals surface area contributed by atoms with Gasteiger partial charge in [-0.3, -0.25) is 0 Å². The van der Waals surface area contributed by atoms with Crippen molar-refractivity contribution in [3.63, 3.8) is 0 Å². The van der Waals surface area contributed by atoms with E-state index in [-0.39, 0.29) is 29.3 Å². The number of nitrogens with zero attached hydrogens (tertiary/aromatic N) is 2. The zero-order valence-electron chi connectivity index (χ0n) is 20.7. The highest BCUT2D eigenvalue weighted by atomic mass is 16.5. The molecular weight excluding hydrogens is 476 g/mol. The molecule has 1 saturated carbocycles. The van der Waals surface area contributed by atoms with E-state index in [0.717, 1.165) is 12.8 Å². The molecule has 9 heteroatoms. The van der Waals surface area contributed by atoms with Crippen LogP contribution in [0.5, 0.6) is 0 Å². The summed E-state index contributed by atoms with van der Waals surface area (Å²) in [5.41, 5.74) is 4.01. The van der Waals surface area contributed by atoms with Gasteiger partial charge in [0.05, 0.1) is 50.1 Å². The number of carbonyl (C=O) groups is 3. The minimum atomic E-state index is -1.05. The van der Waals surface area contributed by atoms with E-state index in [0.29, 0.717) is 45.8 Å². The molecule has 9 nitrogen and oxygen atoms in total. The molecule has 1 aromatic carbocycles. The minimum absolute atomic E-state index is 0.118. The first kappa shape index (κ1) is 24.3. The van der Waals surface area contributed by atoms with Gasteiger partial charge in [-0.2, -0.15) is 0 Å². The van der Waals surface area contributed by atoms with Gasteiger partial charge in [-0.15, -0.1) is 0 Å². The van der Waals surface area contributed by atoms with Crippen LogP contribution in [0.4, 0.5) is 0 Å². The lowest BCUT2D eigenvalue weighted by molar-refractivity contribution is 0.0590. The maximum Gasteiger partial charge on any atom is 0.354 e. The van der Waals surface area contributed by atoms with E-state index in [9.17, 15) is 19.5 Å². The summed E-state index contributed by atoms with van der Waals surface area (Å²) in [5.74, 6) is -1.44. The maximum absolute atomic E-state index is 13.1. The summed E-state index contributed by atoms with van der Waals surface area (Å²) in [6.45, 7) is 2.04. The van der Waals surface area contributed by atoms with Gasteiger partial charge in [0.25, 0.3) is 0 Å². The lowest BCUT2D eigenvalue weighted by Gasteiger charge is -2.15. The van der Waals surface area contributed by atoms with E-state index < -0.39 is 17.9 Å². The van der Waals surface area contributed by atoms with Crippen molar-refractivity contribution >= 4 is 17.9 Å². The Morgan fingerprint density at radius 2 is 1.78 bits per heavy atom. The van der Waals surface area contributed by atoms with Gasteiger partial charge in [0.1, 0.15) is 5.82 Å². The third-order valence-electron chi connectivity index (χ3n) is 6.80. The third-order valence-corrected chi connectivity index (χ3v) is 6.80. The Balaban J connectivity index is 1.83. The molecule has 1 N–H and O–H groups in total. The van der Waals surface area contributed by atoms with E-state index in [4.69, 9.17) is 18.9 Å². The second-order valence-corrected chi connectivity index (χ2v) is 8.92. The Kier molecular flexibility index (Phi) is 6.29. The molecule has 190 valence electrons. The first-order valence-corrected chi connectivity index (χ1v) is 12.0. The number of methoxy groups -OCH3 is 2. The van der Waals surface area contributed by atoms with E-state index in [1.807, 2.05) is 6.92 Å². The number of hydrogen-bond acceptors (Lipinski definition) is 7. The molecule has 0 spiro atoms. The zero-order chi connectivity index (χ0) is 26.3. The van der Waals surface area contributed by atoms with Crippen molar-refractivity contribution in [3.05, 3.63) is 76.8 Å². The van der Waals surface area contributed by atoms with Gasteiger partial charge in [0.2, 0.25) is 0 Å². The Morgan fingerprint density at radius 1 is 1.05 bits per heavy atom. The minimum Gasteiger partial charge on any atom is -0.477 e. The van der Waals surface area contributed by atoms with Crippen LogP contribution in [0.25, 0.3) is 22.3 Å². The van der Waals surface area contributed by atoms with Gasteiger partial charge < -0.3 is 23.6 Å². The fourth-order valence-electron chi connectivity index (χ4n) is 4.99. The number of carbonyl (C=O) groups excluding carboxylic acids is 2. The first-order chi connectivity index (χ1) is 17.9. The van der Waals surface area contributed by atoms with E-state index in [2.05, 4.69) is 0 Å². The molecule has 0 radical (unpaired) electrons. The van der Waals surface area contributed by atoms with Crippen molar-refractivity contribution in [3.8, 4) is 22.3 Å². The number of esters is 2. The highest BCUT2D eigenvalue weighted by molar-refractivity contribution is 6.11. The number of ether oxygens (including phenoxy) is 2. The lowest BCUT2D eigenvalue weighted by atomic mass is 9.95. The topological polar surface area (TPSA) is 121 Å². The number of carboxylic acids is 1. The molecule has 2 heterocycles. The van der Waals surface area contributed by atoms with Crippen molar-refractivity contribution in [2.24, 2.45) is 0 Å². The van der Waals surface area contributed by atoms with Crippen molar-refractivity contribution in [1.82, 2.24) is 9.55 Å². The Labute approximate surface area is 213 Å². The van der Waals surface area contributed by atoms with Crippen LogP contribution in [-0.4, -0.2) is 46.8 Å². The standard InChI is InChI=1S/C28H26N2O7/c1-4-21-29-24(15-9-10-15)25(26(31)32)30(21)13-19-16-11-12-37-14-20(16)23(28(34)36-3)22(19)17-7-5-6-8-18(17)27(33)35-2/h5-8,11-12,14-15H,4,9-10,13H2,1-3H3,(H,31,32). The van der Waals surface area contributed by atoms with Crippen LogP contribution < -0.4 is 0 Å². The Bertz CT molecular complexity index is 1490. The molecule has 3 aliphatic rings. The highest BCUT2D eigenvalue weighted by Crippen LogP contribution is 2.46. The largest absolute Gasteiger partial charge is 0.477 e. The summed E-state index contributed by atoms with van der Waals surface area (Å²) in [7, 11) is 2.57. The molecule has 37 heavy (non-hydrogen) atoms. The van der Waals surface area contributed by atoms with E-state index in [1.165, 1.54) is 26.7 Å². The monoisotopic (exact) mass is 502 g/mol. The van der Waals surface area contributed by atoms with E-state index in [1.54, 1.807) is 34.9 Å². The molecule has 1 fully saturated rings. The molecule has 0 atom stereocenters. The predicted molar refractivity (Wildman–Crippen MR) is 133 cm³/mol.